The molecule has 3 aliphatic rings. The van der Waals surface area contributed by atoms with Gasteiger partial charge in [0, 0.05) is 0 Å². The minimum Gasteiger partial charge on any atom is -0.385 e. The monoisotopic (exact) mass is 322 g/mol. The fourth-order valence-electron chi connectivity index (χ4n) is 3.47. The van der Waals surface area contributed by atoms with E-state index in [0.717, 1.165) is 5.56 Å². The normalized spacial score (nSPS) is 41.0. The molecule has 0 amide bonds. The van der Waals surface area contributed by atoms with Gasteiger partial charge in [-0.2, -0.15) is 0 Å². The topological polar surface area (TPSA) is 66.4 Å². The van der Waals surface area contributed by atoms with E-state index >= 15 is 0 Å². The molecule has 23 heavy (non-hydrogen) atoms. The van der Waals surface area contributed by atoms with Crippen LogP contribution in [0.1, 0.15) is 19.4 Å². The Balaban J connectivity index is 1.39. The lowest BCUT2D eigenvalue weighted by molar-refractivity contribution is -0.206. The summed E-state index contributed by atoms with van der Waals surface area (Å²) in [4.78, 5) is 0. The predicted octanol–water partition coefficient (Wildman–Crippen LogP) is 1.21. The fourth-order valence-corrected chi connectivity index (χ4v) is 3.47. The van der Waals surface area contributed by atoms with Crippen molar-refractivity contribution in [3.8, 4) is 0 Å². The van der Waals surface area contributed by atoms with Crippen LogP contribution < -0.4 is 0 Å². The van der Waals surface area contributed by atoms with E-state index in [9.17, 15) is 5.11 Å². The molecule has 6 atom stereocenters. The summed E-state index contributed by atoms with van der Waals surface area (Å²) in [6.07, 6.45) is -2.85. The third kappa shape index (κ3) is 2.91. The van der Waals surface area contributed by atoms with Crippen molar-refractivity contribution in [1.82, 2.24) is 0 Å². The zero-order valence-corrected chi connectivity index (χ0v) is 13.3. The van der Waals surface area contributed by atoms with Crippen molar-refractivity contribution in [2.75, 3.05) is 6.61 Å². The van der Waals surface area contributed by atoms with Crippen molar-refractivity contribution in [3.05, 3.63) is 35.9 Å². The second kappa shape index (κ2) is 5.81. The van der Waals surface area contributed by atoms with Gasteiger partial charge in [-0.3, -0.25) is 0 Å². The minimum absolute atomic E-state index is 0.272. The maximum absolute atomic E-state index is 10.3. The Morgan fingerprint density at radius 1 is 1.04 bits per heavy atom. The molecule has 0 spiro atoms. The molecule has 1 N–H and O–H groups in total. The lowest BCUT2D eigenvalue weighted by Crippen LogP contribution is -2.53. The quantitative estimate of drug-likeness (QED) is 0.899. The van der Waals surface area contributed by atoms with Gasteiger partial charge in [0.15, 0.2) is 12.1 Å². The van der Waals surface area contributed by atoms with Crippen LogP contribution in [0.3, 0.4) is 0 Å². The molecule has 0 aromatic heterocycles. The highest BCUT2D eigenvalue weighted by molar-refractivity contribution is 5.13. The molecule has 3 fully saturated rings. The molecule has 0 saturated carbocycles. The summed E-state index contributed by atoms with van der Waals surface area (Å²) in [6.45, 7) is 4.58. The first-order valence-corrected chi connectivity index (χ1v) is 8.00. The Kier molecular flexibility index (Phi) is 3.91. The van der Waals surface area contributed by atoms with Crippen molar-refractivity contribution in [1.29, 1.82) is 0 Å². The Morgan fingerprint density at radius 3 is 2.57 bits per heavy atom. The summed E-state index contributed by atoms with van der Waals surface area (Å²) in [7, 11) is 0. The van der Waals surface area contributed by atoms with Crippen LogP contribution in [0, 0.1) is 0 Å². The van der Waals surface area contributed by atoms with Gasteiger partial charge in [0.25, 0.3) is 0 Å². The van der Waals surface area contributed by atoms with Crippen LogP contribution in [0.25, 0.3) is 0 Å². The number of hydrogen-bond acceptors (Lipinski definition) is 6. The molecule has 1 aromatic rings. The molecule has 6 heteroatoms. The van der Waals surface area contributed by atoms with E-state index < -0.39 is 24.3 Å². The zero-order chi connectivity index (χ0) is 16.0. The third-order valence-electron chi connectivity index (χ3n) is 4.46. The van der Waals surface area contributed by atoms with Crippen LogP contribution in [-0.4, -0.2) is 54.3 Å². The zero-order valence-electron chi connectivity index (χ0n) is 13.3. The van der Waals surface area contributed by atoms with Gasteiger partial charge in [0.05, 0.1) is 13.2 Å². The smallest absolute Gasteiger partial charge is 0.187 e. The second-order valence-corrected chi connectivity index (χ2v) is 6.70. The first kappa shape index (κ1) is 15.5. The van der Waals surface area contributed by atoms with Crippen LogP contribution in [0.5, 0.6) is 0 Å². The van der Waals surface area contributed by atoms with Crippen molar-refractivity contribution in [2.24, 2.45) is 0 Å². The van der Waals surface area contributed by atoms with Gasteiger partial charge in [-0.05, 0) is 19.4 Å². The Bertz CT molecular complexity index is 547. The minimum atomic E-state index is -0.850. The van der Waals surface area contributed by atoms with Gasteiger partial charge in [-0.25, -0.2) is 0 Å². The molecule has 0 radical (unpaired) electrons. The molecule has 0 aliphatic carbocycles. The second-order valence-electron chi connectivity index (χ2n) is 6.70. The SMILES string of the molecule is CC1(C)O[C@@H]2[C@H](O1)[C@@H](O)[C@H]1O[C@@H]2[C@H](COCc2ccccc2)O1. The van der Waals surface area contributed by atoms with E-state index in [-0.39, 0.29) is 18.3 Å². The third-order valence-corrected chi connectivity index (χ3v) is 4.46. The van der Waals surface area contributed by atoms with Crippen LogP contribution in [0.4, 0.5) is 0 Å². The van der Waals surface area contributed by atoms with Gasteiger partial charge >= 0.3 is 0 Å². The molecule has 3 saturated heterocycles. The number of aliphatic hydroxyl groups is 1. The van der Waals surface area contributed by atoms with Crippen LogP contribution >= 0.6 is 0 Å². The summed E-state index contributed by atoms with van der Waals surface area (Å²) < 4.78 is 29.0. The van der Waals surface area contributed by atoms with Crippen LogP contribution in [0.2, 0.25) is 0 Å². The van der Waals surface area contributed by atoms with Crippen molar-refractivity contribution in [3.63, 3.8) is 0 Å². The molecule has 3 heterocycles. The van der Waals surface area contributed by atoms with Crippen molar-refractivity contribution >= 4 is 0 Å². The summed E-state index contributed by atoms with van der Waals surface area (Å²) in [6, 6.07) is 9.96. The average molecular weight is 322 g/mol. The maximum atomic E-state index is 10.3. The molecule has 6 nitrogen and oxygen atoms in total. The molecule has 2 bridgehead atoms. The molecule has 3 aliphatic heterocycles. The standard InChI is InChI=1S/C17H22O6/c1-17(2)22-14-12(18)16-20-11(13(21-16)15(14)23-17)9-19-8-10-6-4-3-5-7-10/h3-7,11-16,18H,8-9H2,1-2H3/t11-,12+,13+,14+,15-,16+/m0/s1. The molecule has 0 unspecified atom stereocenters. The fraction of sp³-hybridized carbons (Fsp3) is 0.647. The highest BCUT2D eigenvalue weighted by Gasteiger charge is 2.61. The molecule has 1 aromatic carbocycles. The number of ether oxygens (including phenoxy) is 5. The van der Waals surface area contributed by atoms with E-state index in [4.69, 9.17) is 23.7 Å². The van der Waals surface area contributed by atoms with Crippen molar-refractivity contribution < 1.29 is 28.8 Å². The van der Waals surface area contributed by atoms with E-state index in [1.165, 1.54) is 0 Å². The predicted molar refractivity (Wildman–Crippen MR) is 79.5 cm³/mol. The van der Waals surface area contributed by atoms with Gasteiger partial charge in [0.2, 0.25) is 0 Å². The number of fused-ring (bicyclic) bond motifs is 4. The Labute approximate surface area is 135 Å². The van der Waals surface area contributed by atoms with Crippen LogP contribution in [0.15, 0.2) is 30.3 Å². The van der Waals surface area contributed by atoms with E-state index in [1.54, 1.807) is 0 Å². The molecular formula is C17H22O6. The van der Waals surface area contributed by atoms with Crippen LogP contribution in [-0.2, 0) is 30.3 Å². The van der Waals surface area contributed by atoms with E-state index in [2.05, 4.69) is 0 Å². The summed E-state index contributed by atoms with van der Waals surface area (Å²) in [5.41, 5.74) is 1.11. The Morgan fingerprint density at radius 2 is 1.78 bits per heavy atom. The van der Waals surface area contributed by atoms with Gasteiger partial charge in [-0.15, -0.1) is 0 Å². The lowest BCUT2D eigenvalue weighted by Gasteiger charge is -2.32. The van der Waals surface area contributed by atoms with Gasteiger partial charge in [-0.1, -0.05) is 30.3 Å². The largest absolute Gasteiger partial charge is 0.385 e. The number of benzene rings is 1. The lowest BCUT2D eigenvalue weighted by atomic mass is 9.98. The van der Waals surface area contributed by atoms with Gasteiger partial charge in [0.1, 0.15) is 30.5 Å². The summed E-state index contributed by atoms with van der Waals surface area (Å²) >= 11 is 0. The maximum Gasteiger partial charge on any atom is 0.187 e. The molecule has 126 valence electrons. The average Bonchev–Trinajstić information content (AvgIpc) is 3.06. The first-order valence-electron chi connectivity index (χ1n) is 8.00. The molecule has 4 rings (SSSR count). The highest BCUT2D eigenvalue weighted by atomic mass is 16.8. The van der Waals surface area contributed by atoms with E-state index in [1.807, 2.05) is 44.2 Å². The van der Waals surface area contributed by atoms with E-state index in [0.29, 0.717) is 13.2 Å². The first-order chi connectivity index (χ1) is 11.0. The number of hydrogen-bond donors (Lipinski definition) is 1. The number of rotatable bonds is 4. The highest BCUT2D eigenvalue weighted by Crippen LogP contribution is 2.42. The number of aliphatic hydroxyl groups excluding tert-OH is 1. The van der Waals surface area contributed by atoms with Crippen molar-refractivity contribution in [2.45, 2.75) is 63.1 Å². The summed E-state index contributed by atoms with van der Waals surface area (Å²) in [5, 5.41) is 10.3. The molecular weight excluding hydrogens is 300 g/mol. The summed E-state index contributed by atoms with van der Waals surface area (Å²) in [5.74, 6) is -0.723. The van der Waals surface area contributed by atoms with Gasteiger partial charge < -0.3 is 28.8 Å². The Hall–Kier alpha value is -1.02.